The Morgan fingerprint density at radius 3 is 2.54 bits per heavy atom. The summed E-state index contributed by atoms with van der Waals surface area (Å²) in [5.41, 5.74) is 14.7. The number of carbonyl (C=O) groups is 1. The van der Waals surface area contributed by atoms with Crippen molar-refractivity contribution in [2.75, 3.05) is 32.2 Å². The summed E-state index contributed by atoms with van der Waals surface area (Å²) >= 11 is 7.01. The number of hydrogen-bond acceptors (Lipinski definition) is 10. The molecule has 4 N–H and O–H groups in total. The van der Waals surface area contributed by atoms with Gasteiger partial charge in [0, 0.05) is 55.5 Å². The molecular weight excluding hydrogens is 544 g/mol. The molecule has 4 aromatic rings. The number of hydrogen-bond donors (Lipinski definition) is 2. The number of anilines is 2. The standard InChI is InChI=1S/C28H31ClN10O2/c1-6-16-11-19(29)15(3)28(23(16)41-7-2,18-9-8-10-32-22(18)26(40)38(4)5)39-25-20(24(30)35-14-36-25)21(37-39)17-12-33-27(31)34-13-17/h8-14,23H,6-7H2,1-5H3,(H2,30,35,36)(H2,31,33,34). The molecule has 0 aliphatic heterocycles. The molecule has 12 nitrogen and oxygen atoms in total. The Hall–Kier alpha value is -4.42. The van der Waals surface area contributed by atoms with Crippen LogP contribution in [0.1, 0.15) is 43.2 Å². The summed E-state index contributed by atoms with van der Waals surface area (Å²) in [5, 5.41) is 6.09. The zero-order valence-corrected chi connectivity index (χ0v) is 24.2. The van der Waals surface area contributed by atoms with Crippen LogP contribution in [0, 0.1) is 0 Å². The SMILES string of the molecule is CCOC1C(CC)=CC(Cl)=C(C)C1(c1cccnc1C(=O)N(C)C)n1nc(-c2cnc(N)nc2)c2c(N)ncnc21. The number of halogens is 1. The molecule has 0 spiro atoms. The summed E-state index contributed by atoms with van der Waals surface area (Å²) in [6.45, 7) is 6.22. The van der Waals surface area contributed by atoms with Crippen molar-refractivity contribution in [1.82, 2.24) is 39.6 Å². The fourth-order valence-electron chi connectivity index (χ4n) is 5.38. The number of nitrogens with two attached hydrogens (primary N) is 2. The number of pyridine rings is 1. The number of fused-ring (bicyclic) bond motifs is 1. The number of aromatic nitrogens is 7. The fourth-order valence-corrected chi connectivity index (χ4v) is 5.66. The van der Waals surface area contributed by atoms with Crippen molar-refractivity contribution in [3.63, 3.8) is 0 Å². The lowest BCUT2D eigenvalue weighted by atomic mass is 9.71. The first kappa shape index (κ1) is 28.1. The Bertz CT molecular complexity index is 1700. The van der Waals surface area contributed by atoms with Crippen LogP contribution in [-0.2, 0) is 10.3 Å². The highest BCUT2D eigenvalue weighted by Crippen LogP contribution is 2.50. The molecular formula is C28H31ClN10O2. The zero-order valence-electron chi connectivity index (χ0n) is 23.5. The van der Waals surface area contributed by atoms with Crippen molar-refractivity contribution in [2.24, 2.45) is 0 Å². The highest BCUT2D eigenvalue weighted by atomic mass is 35.5. The minimum absolute atomic E-state index is 0.118. The van der Waals surface area contributed by atoms with Gasteiger partial charge in [0.15, 0.2) is 5.65 Å². The molecule has 41 heavy (non-hydrogen) atoms. The van der Waals surface area contributed by atoms with Gasteiger partial charge < -0.3 is 21.1 Å². The van der Waals surface area contributed by atoms with E-state index in [2.05, 4.69) is 24.9 Å². The molecule has 0 aromatic carbocycles. The quantitative estimate of drug-likeness (QED) is 0.333. The van der Waals surface area contributed by atoms with Crippen molar-refractivity contribution >= 4 is 40.3 Å². The molecule has 5 rings (SSSR count). The molecule has 1 aliphatic carbocycles. The number of nitrogen functional groups attached to an aromatic ring is 2. The van der Waals surface area contributed by atoms with E-state index in [0.29, 0.717) is 51.5 Å². The van der Waals surface area contributed by atoms with Crippen LogP contribution in [0.3, 0.4) is 0 Å². The normalized spacial score (nSPS) is 19.0. The van der Waals surface area contributed by atoms with E-state index in [1.807, 2.05) is 32.9 Å². The van der Waals surface area contributed by atoms with E-state index in [9.17, 15) is 4.79 Å². The number of nitrogens with zero attached hydrogens (tertiary/aromatic N) is 8. The maximum atomic E-state index is 13.6. The predicted molar refractivity (Wildman–Crippen MR) is 157 cm³/mol. The van der Waals surface area contributed by atoms with Gasteiger partial charge in [0.25, 0.3) is 5.91 Å². The van der Waals surface area contributed by atoms with E-state index in [4.69, 9.17) is 32.9 Å². The average molecular weight is 575 g/mol. The molecule has 13 heteroatoms. The molecule has 0 bridgehead atoms. The van der Waals surface area contributed by atoms with Crippen molar-refractivity contribution in [3.05, 3.63) is 70.6 Å². The van der Waals surface area contributed by atoms with E-state index in [0.717, 1.165) is 5.57 Å². The summed E-state index contributed by atoms with van der Waals surface area (Å²) in [6.07, 6.45) is 8.00. The van der Waals surface area contributed by atoms with Crippen molar-refractivity contribution in [3.8, 4) is 11.3 Å². The minimum atomic E-state index is -1.30. The minimum Gasteiger partial charge on any atom is -0.383 e. The third-order valence-electron chi connectivity index (χ3n) is 7.30. The molecule has 4 aromatic heterocycles. The second-order valence-corrected chi connectivity index (χ2v) is 10.2. The Balaban J connectivity index is 1.99. The van der Waals surface area contributed by atoms with Gasteiger partial charge in [-0.25, -0.2) is 24.6 Å². The fraction of sp³-hybridized carbons (Fsp3) is 0.321. The van der Waals surface area contributed by atoms with Gasteiger partial charge in [-0.05, 0) is 43.6 Å². The van der Waals surface area contributed by atoms with Gasteiger partial charge in [-0.3, -0.25) is 9.78 Å². The van der Waals surface area contributed by atoms with Crippen LogP contribution >= 0.6 is 11.6 Å². The summed E-state index contributed by atoms with van der Waals surface area (Å²) in [4.78, 5) is 36.9. The molecule has 0 saturated carbocycles. The number of amides is 1. The van der Waals surface area contributed by atoms with E-state index < -0.39 is 11.6 Å². The Kier molecular flexibility index (Phi) is 7.45. The van der Waals surface area contributed by atoms with Gasteiger partial charge in [-0.1, -0.05) is 24.6 Å². The average Bonchev–Trinajstić information content (AvgIpc) is 3.36. The van der Waals surface area contributed by atoms with E-state index in [1.165, 1.54) is 11.2 Å². The molecule has 0 radical (unpaired) electrons. The number of allylic oxidation sites excluding steroid dienone is 2. The Morgan fingerprint density at radius 1 is 1.15 bits per heavy atom. The first-order chi connectivity index (χ1) is 19.7. The van der Waals surface area contributed by atoms with Gasteiger partial charge in [0.2, 0.25) is 5.95 Å². The Morgan fingerprint density at radius 2 is 1.88 bits per heavy atom. The van der Waals surface area contributed by atoms with Gasteiger partial charge in [0.05, 0.1) is 5.39 Å². The summed E-state index contributed by atoms with van der Waals surface area (Å²) in [5.74, 6) is 0.0404. The Labute approximate surface area is 242 Å². The van der Waals surface area contributed by atoms with Crippen LogP contribution in [0.15, 0.2) is 59.3 Å². The van der Waals surface area contributed by atoms with Gasteiger partial charge >= 0.3 is 0 Å². The molecule has 2 unspecified atom stereocenters. The summed E-state index contributed by atoms with van der Waals surface area (Å²) in [7, 11) is 3.36. The second kappa shape index (κ2) is 10.9. The predicted octanol–water partition coefficient (Wildman–Crippen LogP) is 3.56. The molecule has 0 saturated heterocycles. The molecule has 4 heterocycles. The molecule has 1 aliphatic rings. The number of rotatable bonds is 7. The van der Waals surface area contributed by atoms with E-state index in [-0.39, 0.29) is 23.4 Å². The second-order valence-electron chi connectivity index (χ2n) is 9.79. The topological polar surface area (TPSA) is 164 Å². The maximum absolute atomic E-state index is 13.6. The third-order valence-corrected chi connectivity index (χ3v) is 7.69. The van der Waals surface area contributed by atoms with Crippen LogP contribution in [0.25, 0.3) is 22.3 Å². The van der Waals surface area contributed by atoms with Crippen LogP contribution in [-0.4, -0.2) is 72.3 Å². The van der Waals surface area contributed by atoms with Gasteiger partial charge in [-0.2, -0.15) is 5.10 Å². The molecule has 1 amide bonds. The van der Waals surface area contributed by atoms with Gasteiger partial charge in [0.1, 0.15) is 35.2 Å². The summed E-state index contributed by atoms with van der Waals surface area (Å²) in [6, 6.07) is 3.63. The van der Waals surface area contributed by atoms with Crippen molar-refractivity contribution in [2.45, 2.75) is 38.8 Å². The monoisotopic (exact) mass is 574 g/mol. The highest BCUT2D eigenvalue weighted by Gasteiger charge is 2.53. The van der Waals surface area contributed by atoms with E-state index in [1.54, 1.807) is 43.4 Å². The first-order valence-electron chi connectivity index (χ1n) is 13.1. The van der Waals surface area contributed by atoms with Crippen LogP contribution in [0.5, 0.6) is 0 Å². The van der Waals surface area contributed by atoms with Crippen LogP contribution < -0.4 is 11.5 Å². The molecule has 0 fully saturated rings. The van der Waals surface area contributed by atoms with Crippen molar-refractivity contribution < 1.29 is 9.53 Å². The smallest absolute Gasteiger partial charge is 0.272 e. The van der Waals surface area contributed by atoms with E-state index >= 15 is 0 Å². The lowest BCUT2D eigenvalue weighted by molar-refractivity contribution is 0.0213. The number of ether oxygens (including phenoxy) is 1. The summed E-state index contributed by atoms with van der Waals surface area (Å²) < 4.78 is 8.28. The lowest BCUT2D eigenvalue weighted by Crippen LogP contribution is -2.53. The van der Waals surface area contributed by atoms with Crippen LogP contribution in [0.4, 0.5) is 11.8 Å². The number of carbonyl (C=O) groups excluding carboxylic acids is 1. The van der Waals surface area contributed by atoms with Crippen LogP contribution in [0.2, 0.25) is 0 Å². The maximum Gasteiger partial charge on any atom is 0.272 e. The molecule has 2 atom stereocenters. The third kappa shape index (κ3) is 4.39. The molecule has 212 valence electrons. The van der Waals surface area contributed by atoms with Crippen molar-refractivity contribution in [1.29, 1.82) is 0 Å². The largest absolute Gasteiger partial charge is 0.383 e. The zero-order chi connectivity index (χ0) is 29.5. The van der Waals surface area contributed by atoms with Gasteiger partial charge in [-0.15, -0.1) is 0 Å². The first-order valence-corrected chi connectivity index (χ1v) is 13.5. The highest BCUT2D eigenvalue weighted by molar-refractivity contribution is 6.32. The lowest BCUT2D eigenvalue weighted by Gasteiger charge is -2.46.